The molecule has 0 spiro atoms. The Morgan fingerprint density at radius 2 is 1.62 bits per heavy atom. The number of hydrogen-bond donors (Lipinski definition) is 0. The van der Waals surface area contributed by atoms with Crippen LogP contribution >= 0.6 is 0 Å². The average Bonchev–Trinajstić information content (AvgIpc) is 2.04. The first-order chi connectivity index (χ1) is 6.09. The van der Waals surface area contributed by atoms with Crippen LogP contribution in [0.1, 0.15) is 39.5 Å². The molecule has 0 aliphatic heterocycles. The van der Waals surface area contributed by atoms with Crippen LogP contribution in [-0.2, 0) is 0 Å². The lowest BCUT2D eigenvalue weighted by atomic mass is 9.77. The molecule has 0 bridgehead atoms. The van der Waals surface area contributed by atoms with E-state index in [1.807, 2.05) is 0 Å². The van der Waals surface area contributed by atoms with Crippen molar-refractivity contribution in [1.82, 2.24) is 4.90 Å². The molecule has 78 valence electrons. The maximum absolute atomic E-state index is 2.37. The van der Waals surface area contributed by atoms with Gasteiger partial charge in [-0.05, 0) is 57.5 Å². The van der Waals surface area contributed by atoms with Gasteiger partial charge in [-0.2, -0.15) is 0 Å². The van der Waals surface area contributed by atoms with Gasteiger partial charge in [-0.3, -0.25) is 0 Å². The van der Waals surface area contributed by atoms with Gasteiger partial charge in [0.05, 0.1) is 0 Å². The Hall–Kier alpha value is -0.0400. The van der Waals surface area contributed by atoms with Gasteiger partial charge >= 0.3 is 0 Å². The molecule has 13 heavy (non-hydrogen) atoms. The van der Waals surface area contributed by atoms with E-state index >= 15 is 0 Å². The highest BCUT2D eigenvalue weighted by atomic mass is 15.1. The molecule has 1 rings (SSSR count). The van der Waals surface area contributed by atoms with E-state index in [1.165, 1.54) is 32.2 Å². The summed E-state index contributed by atoms with van der Waals surface area (Å²) in [5.41, 5.74) is 0. The number of nitrogens with zero attached hydrogens (tertiary/aromatic N) is 1. The van der Waals surface area contributed by atoms with Gasteiger partial charge in [-0.1, -0.05) is 13.8 Å². The van der Waals surface area contributed by atoms with Crippen LogP contribution in [0.15, 0.2) is 0 Å². The van der Waals surface area contributed by atoms with Crippen molar-refractivity contribution in [2.75, 3.05) is 20.6 Å². The van der Waals surface area contributed by atoms with Gasteiger partial charge in [-0.25, -0.2) is 0 Å². The summed E-state index contributed by atoms with van der Waals surface area (Å²) in [6.45, 7) is 6.04. The molecule has 0 aromatic heterocycles. The Morgan fingerprint density at radius 1 is 1.08 bits per heavy atom. The topological polar surface area (TPSA) is 3.24 Å². The molecule has 0 amide bonds. The van der Waals surface area contributed by atoms with Crippen molar-refractivity contribution in [3.63, 3.8) is 0 Å². The Morgan fingerprint density at radius 3 is 2.00 bits per heavy atom. The molecule has 0 aromatic rings. The molecule has 1 fully saturated rings. The standard InChI is InChI=1S/C12H25N/c1-10(2)12-7-5-11(6-8-12)9-13(3)4/h10-12H,5-9H2,1-4H3/t11-,12+. The Labute approximate surface area is 83.5 Å². The van der Waals surface area contributed by atoms with Gasteiger partial charge in [0.25, 0.3) is 0 Å². The van der Waals surface area contributed by atoms with Gasteiger partial charge in [0.1, 0.15) is 0 Å². The summed E-state index contributed by atoms with van der Waals surface area (Å²) in [6, 6.07) is 0. The minimum absolute atomic E-state index is 0.903. The zero-order valence-corrected chi connectivity index (χ0v) is 9.71. The predicted octanol–water partition coefficient (Wildman–Crippen LogP) is 3.01. The van der Waals surface area contributed by atoms with Crippen LogP contribution < -0.4 is 0 Å². The third-order valence-corrected chi connectivity index (χ3v) is 3.46. The van der Waals surface area contributed by atoms with Crippen LogP contribution in [0, 0.1) is 17.8 Å². The highest BCUT2D eigenvalue weighted by Gasteiger charge is 2.23. The van der Waals surface area contributed by atoms with Gasteiger partial charge in [0.2, 0.25) is 0 Å². The molecule has 0 aromatic carbocycles. The second kappa shape index (κ2) is 4.99. The minimum Gasteiger partial charge on any atom is -0.309 e. The monoisotopic (exact) mass is 183 g/mol. The molecular weight excluding hydrogens is 158 g/mol. The minimum atomic E-state index is 0.903. The van der Waals surface area contributed by atoms with E-state index in [0.29, 0.717) is 0 Å². The van der Waals surface area contributed by atoms with Gasteiger partial charge in [0, 0.05) is 6.54 Å². The zero-order chi connectivity index (χ0) is 9.84. The summed E-state index contributed by atoms with van der Waals surface area (Å²) in [7, 11) is 4.38. The Bertz CT molecular complexity index is 132. The van der Waals surface area contributed by atoms with Crippen LogP contribution in [0.25, 0.3) is 0 Å². The van der Waals surface area contributed by atoms with E-state index < -0.39 is 0 Å². The molecule has 1 aliphatic rings. The summed E-state index contributed by atoms with van der Waals surface area (Å²) in [6.07, 6.45) is 5.86. The van der Waals surface area contributed by atoms with E-state index in [9.17, 15) is 0 Å². The van der Waals surface area contributed by atoms with Gasteiger partial charge in [0.15, 0.2) is 0 Å². The second-order valence-electron chi connectivity index (χ2n) is 5.29. The van der Waals surface area contributed by atoms with Gasteiger partial charge < -0.3 is 4.90 Å². The van der Waals surface area contributed by atoms with Gasteiger partial charge in [-0.15, -0.1) is 0 Å². The first-order valence-corrected chi connectivity index (χ1v) is 5.74. The first-order valence-electron chi connectivity index (χ1n) is 5.74. The molecule has 0 N–H and O–H groups in total. The van der Waals surface area contributed by atoms with Crippen LogP contribution in [0.5, 0.6) is 0 Å². The fourth-order valence-corrected chi connectivity index (χ4v) is 2.55. The molecule has 1 nitrogen and oxygen atoms in total. The molecule has 0 radical (unpaired) electrons. The lowest BCUT2D eigenvalue weighted by Crippen LogP contribution is -2.27. The molecule has 1 aliphatic carbocycles. The van der Waals surface area contributed by atoms with Crippen molar-refractivity contribution in [3.8, 4) is 0 Å². The van der Waals surface area contributed by atoms with E-state index in [0.717, 1.165) is 17.8 Å². The zero-order valence-electron chi connectivity index (χ0n) is 9.71. The summed E-state index contributed by atoms with van der Waals surface area (Å²) >= 11 is 0. The normalized spacial score (nSPS) is 30.0. The van der Waals surface area contributed by atoms with Crippen LogP contribution in [0.2, 0.25) is 0 Å². The molecule has 1 heteroatoms. The van der Waals surface area contributed by atoms with Crippen molar-refractivity contribution in [1.29, 1.82) is 0 Å². The Balaban J connectivity index is 2.22. The third kappa shape index (κ3) is 3.68. The lowest BCUT2D eigenvalue weighted by Gasteiger charge is -2.32. The molecule has 0 heterocycles. The largest absolute Gasteiger partial charge is 0.309 e. The maximum Gasteiger partial charge on any atom is 0.000356 e. The average molecular weight is 183 g/mol. The maximum atomic E-state index is 2.37. The molecular formula is C12H25N. The summed E-state index contributed by atoms with van der Waals surface area (Å²) in [5.74, 6) is 2.89. The van der Waals surface area contributed by atoms with Crippen molar-refractivity contribution in [3.05, 3.63) is 0 Å². The fraction of sp³-hybridized carbons (Fsp3) is 1.00. The molecule has 0 unspecified atom stereocenters. The highest BCUT2D eigenvalue weighted by Crippen LogP contribution is 2.33. The van der Waals surface area contributed by atoms with E-state index in [-0.39, 0.29) is 0 Å². The lowest BCUT2D eigenvalue weighted by molar-refractivity contribution is 0.192. The quantitative estimate of drug-likeness (QED) is 0.650. The third-order valence-electron chi connectivity index (χ3n) is 3.46. The molecule has 0 saturated heterocycles. The van der Waals surface area contributed by atoms with Crippen LogP contribution in [0.4, 0.5) is 0 Å². The van der Waals surface area contributed by atoms with Crippen LogP contribution in [0.3, 0.4) is 0 Å². The van der Waals surface area contributed by atoms with E-state index in [4.69, 9.17) is 0 Å². The van der Waals surface area contributed by atoms with Crippen LogP contribution in [-0.4, -0.2) is 25.5 Å². The highest BCUT2D eigenvalue weighted by molar-refractivity contribution is 4.75. The predicted molar refractivity (Wildman–Crippen MR) is 58.8 cm³/mol. The summed E-state index contributed by atoms with van der Waals surface area (Å²) in [4.78, 5) is 2.33. The van der Waals surface area contributed by atoms with Crippen molar-refractivity contribution >= 4 is 0 Å². The van der Waals surface area contributed by atoms with Crippen molar-refractivity contribution in [2.45, 2.75) is 39.5 Å². The number of hydrogen-bond acceptors (Lipinski definition) is 1. The van der Waals surface area contributed by atoms with E-state index in [1.54, 1.807) is 0 Å². The SMILES string of the molecule is CC(C)[C@H]1CC[C@@H](CN(C)C)CC1. The van der Waals surface area contributed by atoms with E-state index in [2.05, 4.69) is 32.8 Å². The molecule has 0 atom stereocenters. The number of rotatable bonds is 3. The smallest absolute Gasteiger partial charge is 0.000356 e. The second-order valence-corrected chi connectivity index (χ2v) is 5.29. The molecule has 1 saturated carbocycles. The first kappa shape index (κ1) is 11.0. The fourth-order valence-electron chi connectivity index (χ4n) is 2.55. The summed E-state index contributed by atoms with van der Waals surface area (Å²) in [5, 5.41) is 0. The summed E-state index contributed by atoms with van der Waals surface area (Å²) < 4.78 is 0. The van der Waals surface area contributed by atoms with Crippen molar-refractivity contribution < 1.29 is 0 Å². The Kier molecular flexibility index (Phi) is 4.24. The van der Waals surface area contributed by atoms with Crippen molar-refractivity contribution in [2.24, 2.45) is 17.8 Å².